The van der Waals surface area contributed by atoms with Crippen LogP contribution in [0, 0.1) is 13.8 Å². The lowest BCUT2D eigenvalue weighted by Crippen LogP contribution is -2.46. The highest BCUT2D eigenvalue weighted by atomic mass is 16.5. The SMILES string of the molecule is COC(=O)c1ccc(-c2nc(CN3CCN(c4cccc(C)n4)CC3)c(C)o2)cc1. The molecule has 156 valence electrons. The molecule has 1 aromatic carbocycles. The minimum atomic E-state index is -0.356. The highest BCUT2D eigenvalue weighted by Gasteiger charge is 2.21. The highest BCUT2D eigenvalue weighted by molar-refractivity contribution is 5.89. The second kappa shape index (κ2) is 8.67. The first-order valence-corrected chi connectivity index (χ1v) is 10.1. The van der Waals surface area contributed by atoms with Gasteiger partial charge >= 0.3 is 5.97 Å². The first-order chi connectivity index (χ1) is 14.5. The van der Waals surface area contributed by atoms with Crippen molar-refractivity contribution in [2.75, 3.05) is 38.2 Å². The Morgan fingerprint density at radius 2 is 1.77 bits per heavy atom. The molecule has 1 fully saturated rings. The number of methoxy groups -OCH3 is 1. The van der Waals surface area contributed by atoms with E-state index in [2.05, 4.69) is 26.9 Å². The van der Waals surface area contributed by atoms with Crippen molar-refractivity contribution in [1.29, 1.82) is 0 Å². The maximum atomic E-state index is 11.6. The average molecular weight is 406 g/mol. The van der Waals surface area contributed by atoms with Gasteiger partial charge in [-0.25, -0.2) is 14.8 Å². The molecular weight excluding hydrogens is 380 g/mol. The van der Waals surface area contributed by atoms with Crippen molar-refractivity contribution < 1.29 is 13.9 Å². The topological polar surface area (TPSA) is 71.7 Å². The van der Waals surface area contributed by atoms with E-state index in [0.29, 0.717) is 11.5 Å². The number of carbonyl (C=O) groups is 1. The number of hydrogen-bond donors (Lipinski definition) is 0. The molecule has 1 aliphatic heterocycles. The lowest BCUT2D eigenvalue weighted by molar-refractivity contribution is 0.0600. The zero-order valence-corrected chi connectivity index (χ0v) is 17.6. The Bertz CT molecular complexity index is 1020. The molecule has 0 spiro atoms. The summed E-state index contributed by atoms with van der Waals surface area (Å²) in [6.45, 7) is 8.50. The summed E-state index contributed by atoms with van der Waals surface area (Å²) in [6.07, 6.45) is 0. The number of aromatic nitrogens is 2. The van der Waals surface area contributed by atoms with E-state index < -0.39 is 0 Å². The smallest absolute Gasteiger partial charge is 0.337 e. The van der Waals surface area contributed by atoms with Gasteiger partial charge in [-0.2, -0.15) is 0 Å². The molecule has 2 aromatic heterocycles. The Balaban J connectivity index is 1.39. The summed E-state index contributed by atoms with van der Waals surface area (Å²) in [6, 6.07) is 13.2. The normalized spacial score (nSPS) is 14.7. The van der Waals surface area contributed by atoms with Gasteiger partial charge in [0.25, 0.3) is 0 Å². The fraction of sp³-hybridized carbons (Fsp3) is 0.348. The fourth-order valence-corrected chi connectivity index (χ4v) is 3.62. The third-order valence-corrected chi connectivity index (χ3v) is 5.39. The number of ether oxygens (including phenoxy) is 1. The predicted molar refractivity (Wildman–Crippen MR) is 114 cm³/mol. The average Bonchev–Trinajstić information content (AvgIpc) is 3.14. The molecule has 0 aliphatic carbocycles. The molecule has 0 amide bonds. The third kappa shape index (κ3) is 4.36. The van der Waals surface area contributed by atoms with Crippen LogP contribution in [0.5, 0.6) is 0 Å². The Labute approximate surface area is 176 Å². The summed E-state index contributed by atoms with van der Waals surface area (Å²) in [4.78, 5) is 25.7. The largest absolute Gasteiger partial charge is 0.465 e. The zero-order valence-electron chi connectivity index (χ0n) is 17.6. The minimum Gasteiger partial charge on any atom is -0.465 e. The third-order valence-electron chi connectivity index (χ3n) is 5.39. The molecule has 0 saturated carbocycles. The summed E-state index contributed by atoms with van der Waals surface area (Å²) in [5, 5.41) is 0. The number of pyridine rings is 1. The number of carbonyl (C=O) groups excluding carboxylic acids is 1. The summed E-state index contributed by atoms with van der Waals surface area (Å²) < 4.78 is 10.6. The number of hydrogen-bond acceptors (Lipinski definition) is 7. The van der Waals surface area contributed by atoms with E-state index in [4.69, 9.17) is 14.1 Å². The summed E-state index contributed by atoms with van der Waals surface area (Å²) in [5.41, 5.74) is 3.34. The Hall–Kier alpha value is -3.19. The summed E-state index contributed by atoms with van der Waals surface area (Å²) >= 11 is 0. The van der Waals surface area contributed by atoms with E-state index in [1.54, 1.807) is 12.1 Å². The number of nitrogens with zero attached hydrogens (tertiary/aromatic N) is 4. The van der Waals surface area contributed by atoms with Gasteiger partial charge in [0.2, 0.25) is 5.89 Å². The Morgan fingerprint density at radius 1 is 1.03 bits per heavy atom. The van der Waals surface area contributed by atoms with Gasteiger partial charge in [0.15, 0.2) is 0 Å². The van der Waals surface area contributed by atoms with Crippen molar-refractivity contribution in [1.82, 2.24) is 14.9 Å². The second-order valence-corrected chi connectivity index (χ2v) is 7.49. The molecule has 30 heavy (non-hydrogen) atoms. The van der Waals surface area contributed by atoms with Crippen LogP contribution in [-0.2, 0) is 11.3 Å². The molecule has 0 bridgehead atoms. The maximum Gasteiger partial charge on any atom is 0.337 e. The number of anilines is 1. The molecule has 7 heteroatoms. The predicted octanol–water partition coefficient (Wildman–Crippen LogP) is 3.46. The Kier molecular flexibility index (Phi) is 5.81. The van der Waals surface area contributed by atoms with Gasteiger partial charge in [-0.15, -0.1) is 0 Å². The quantitative estimate of drug-likeness (QED) is 0.601. The van der Waals surface area contributed by atoms with E-state index in [0.717, 1.165) is 61.3 Å². The van der Waals surface area contributed by atoms with Gasteiger partial charge in [0.05, 0.1) is 18.4 Å². The van der Waals surface area contributed by atoms with Crippen LogP contribution in [0.2, 0.25) is 0 Å². The molecule has 1 saturated heterocycles. The minimum absolute atomic E-state index is 0.356. The monoisotopic (exact) mass is 406 g/mol. The molecular formula is C23H26N4O3. The van der Waals surface area contributed by atoms with E-state index in [1.165, 1.54) is 7.11 Å². The van der Waals surface area contributed by atoms with Gasteiger partial charge in [-0.1, -0.05) is 6.07 Å². The van der Waals surface area contributed by atoms with Crippen molar-refractivity contribution in [3.05, 3.63) is 65.2 Å². The first kappa shape index (κ1) is 20.1. The lowest BCUT2D eigenvalue weighted by Gasteiger charge is -2.35. The number of rotatable bonds is 5. The van der Waals surface area contributed by atoms with Crippen LogP contribution in [0.1, 0.15) is 27.5 Å². The van der Waals surface area contributed by atoms with E-state index >= 15 is 0 Å². The Morgan fingerprint density at radius 3 is 2.43 bits per heavy atom. The number of benzene rings is 1. The van der Waals surface area contributed by atoms with E-state index in [9.17, 15) is 4.79 Å². The van der Waals surface area contributed by atoms with Crippen LogP contribution in [0.4, 0.5) is 5.82 Å². The lowest BCUT2D eigenvalue weighted by atomic mass is 10.1. The van der Waals surface area contributed by atoms with Crippen LogP contribution in [0.3, 0.4) is 0 Å². The van der Waals surface area contributed by atoms with Crippen molar-refractivity contribution in [2.45, 2.75) is 20.4 Å². The van der Waals surface area contributed by atoms with Crippen LogP contribution < -0.4 is 4.90 Å². The van der Waals surface area contributed by atoms with Crippen molar-refractivity contribution in [3.8, 4) is 11.5 Å². The molecule has 0 radical (unpaired) electrons. The van der Waals surface area contributed by atoms with Gasteiger partial charge in [0, 0.05) is 44.0 Å². The van der Waals surface area contributed by atoms with Gasteiger partial charge in [0.1, 0.15) is 11.6 Å². The van der Waals surface area contributed by atoms with Crippen LogP contribution in [-0.4, -0.2) is 54.1 Å². The molecule has 4 rings (SSSR count). The van der Waals surface area contributed by atoms with E-state index in [-0.39, 0.29) is 5.97 Å². The highest BCUT2D eigenvalue weighted by Crippen LogP contribution is 2.24. The number of esters is 1. The van der Waals surface area contributed by atoms with Crippen molar-refractivity contribution in [2.24, 2.45) is 0 Å². The standard InChI is InChI=1S/C23H26N4O3/c1-16-5-4-6-21(24-16)27-13-11-26(12-14-27)15-20-17(2)30-22(25-20)18-7-9-19(10-8-18)23(28)29-3/h4-10H,11-15H2,1-3H3. The molecule has 0 N–H and O–H groups in total. The molecule has 0 atom stereocenters. The summed E-state index contributed by atoms with van der Waals surface area (Å²) in [7, 11) is 1.37. The van der Waals surface area contributed by atoms with Gasteiger partial charge in [-0.05, 0) is 50.2 Å². The number of piperazine rings is 1. The molecule has 3 heterocycles. The van der Waals surface area contributed by atoms with E-state index in [1.807, 2.05) is 32.0 Å². The fourth-order valence-electron chi connectivity index (χ4n) is 3.62. The molecule has 7 nitrogen and oxygen atoms in total. The van der Waals surface area contributed by atoms with Crippen LogP contribution >= 0.6 is 0 Å². The van der Waals surface area contributed by atoms with Crippen LogP contribution in [0.25, 0.3) is 11.5 Å². The summed E-state index contributed by atoms with van der Waals surface area (Å²) in [5.74, 6) is 2.09. The zero-order chi connectivity index (χ0) is 21.1. The molecule has 3 aromatic rings. The maximum absolute atomic E-state index is 11.6. The second-order valence-electron chi connectivity index (χ2n) is 7.49. The molecule has 1 aliphatic rings. The molecule has 0 unspecified atom stereocenters. The van der Waals surface area contributed by atoms with Gasteiger partial charge in [-0.3, -0.25) is 4.90 Å². The number of oxazole rings is 1. The first-order valence-electron chi connectivity index (χ1n) is 10.1. The van der Waals surface area contributed by atoms with Gasteiger partial charge < -0.3 is 14.1 Å². The number of aryl methyl sites for hydroxylation is 2. The van der Waals surface area contributed by atoms with Crippen LogP contribution in [0.15, 0.2) is 46.9 Å². The van der Waals surface area contributed by atoms with Crippen molar-refractivity contribution in [3.63, 3.8) is 0 Å². The van der Waals surface area contributed by atoms with Crippen molar-refractivity contribution >= 4 is 11.8 Å².